The summed E-state index contributed by atoms with van der Waals surface area (Å²) in [5, 5.41) is 21.5. The van der Waals surface area contributed by atoms with Crippen molar-refractivity contribution in [2.75, 3.05) is 26.3 Å². The lowest BCUT2D eigenvalue weighted by molar-refractivity contribution is -0.144. The molecule has 6 heteroatoms. The fourth-order valence-electron chi connectivity index (χ4n) is 2.64. The summed E-state index contributed by atoms with van der Waals surface area (Å²) in [5.74, 6) is -0.853. The number of ether oxygens (including phenoxy) is 1. The topological polar surface area (TPSA) is 70.0 Å². The van der Waals surface area contributed by atoms with Gasteiger partial charge in [0.05, 0.1) is 12.7 Å². The Morgan fingerprint density at radius 3 is 3.14 bits per heavy atom. The van der Waals surface area contributed by atoms with Crippen molar-refractivity contribution in [3.63, 3.8) is 0 Å². The van der Waals surface area contributed by atoms with Gasteiger partial charge in [-0.15, -0.1) is 11.3 Å². The van der Waals surface area contributed by atoms with Gasteiger partial charge >= 0.3 is 5.97 Å². The molecule has 21 heavy (non-hydrogen) atoms. The molecule has 0 aromatic carbocycles. The van der Waals surface area contributed by atoms with Crippen LogP contribution in [0.25, 0.3) is 0 Å². The molecule has 0 amide bonds. The van der Waals surface area contributed by atoms with Gasteiger partial charge in [0, 0.05) is 24.6 Å². The first kappa shape index (κ1) is 16.4. The van der Waals surface area contributed by atoms with Crippen molar-refractivity contribution >= 4 is 17.3 Å². The van der Waals surface area contributed by atoms with E-state index in [0.29, 0.717) is 19.7 Å². The van der Waals surface area contributed by atoms with Gasteiger partial charge in [-0.1, -0.05) is 13.3 Å². The monoisotopic (exact) mass is 313 g/mol. The van der Waals surface area contributed by atoms with Crippen molar-refractivity contribution in [2.24, 2.45) is 0 Å². The SMILES string of the molecule is CCCCOCC(O)CN1CCc2sccc2C1C(=O)O. The minimum atomic E-state index is -0.853. The van der Waals surface area contributed by atoms with E-state index in [0.717, 1.165) is 29.7 Å². The summed E-state index contributed by atoms with van der Waals surface area (Å²) in [5.41, 5.74) is 0.873. The first-order chi connectivity index (χ1) is 10.1. The van der Waals surface area contributed by atoms with E-state index in [1.165, 1.54) is 0 Å². The third-order valence-electron chi connectivity index (χ3n) is 3.70. The zero-order valence-electron chi connectivity index (χ0n) is 12.3. The molecule has 0 aliphatic carbocycles. The van der Waals surface area contributed by atoms with E-state index < -0.39 is 18.1 Å². The smallest absolute Gasteiger partial charge is 0.325 e. The molecule has 0 radical (unpaired) electrons. The molecule has 2 rings (SSSR count). The lowest BCUT2D eigenvalue weighted by atomic mass is 9.99. The van der Waals surface area contributed by atoms with E-state index >= 15 is 0 Å². The number of carbonyl (C=O) groups is 1. The fourth-order valence-corrected chi connectivity index (χ4v) is 3.55. The number of unbranched alkanes of at least 4 members (excludes halogenated alkanes) is 1. The highest BCUT2D eigenvalue weighted by molar-refractivity contribution is 7.10. The van der Waals surface area contributed by atoms with Crippen molar-refractivity contribution in [2.45, 2.75) is 38.3 Å². The van der Waals surface area contributed by atoms with Gasteiger partial charge in [0.15, 0.2) is 0 Å². The Morgan fingerprint density at radius 1 is 1.62 bits per heavy atom. The van der Waals surface area contributed by atoms with Crippen molar-refractivity contribution in [1.29, 1.82) is 0 Å². The number of carboxylic acids is 1. The largest absolute Gasteiger partial charge is 0.480 e. The Bertz CT molecular complexity index is 462. The van der Waals surface area contributed by atoms with Gasteiger partial charge in [-0.05, 0) is 29.9 Å². The fraction of sp³-hybridized carbons (Fsp3) is 0.667. The number of fused-ring (bicyclic) bond motifs is 1. The Labute approximate surface area is 129 Å². The number of hydrogen-bond acceptors (Lipinski definition) is 5. The highest BCUT2D eigenvalue weighted by Gasteiger charge is 2.34. The first-order valence-corrected chi connectivity index (χ1v) is 8.30. The molecule has 1 aromatic rings. The molecule has 5 nitrogen and oxygen atoms in total. The van der Waals surface area contributed by atoms with Crippen LogP contribution in [-0.4, -0.2) is 53.5 Å². The number of aliphatic carboxylic acids is 1. The van der Waals surface area contributed by atoms with Crippen LogP contribution >= 0.6 is 11.3 Å². The number of nitrogens with zero attached hydrogens (tertiary/aromatic N) is 1. The second-order valence-corrected chi connectivity index (χ2v) is 6.37. The predicted octanol–water partition coefficient (Wildman–Crippen LogP) is 1.91. The normalized spacial score (nSPS) is 20.2. The number of β-amino-alcohol motifs (C(OH)–C–C–N with tert-alkyl or cyclic N) is 1. The molecule has 1 aliphatic rings. The quantitative estimate of drug-likeness (QED) is 0.718. The average Bonchev–Trinajstić information content (AvgIpc) is 2.91. The molecule has 2 heterocycles. The highest BCUT2D eigenvalue weighted by atomic mass is 32.1. The standard InChI is InChI=1S/C15H23NO4S/c1-2-3-7-20-10-11(17)9-16-6-4-13-12(5-8-21-13)14(16)15(18)19/h5,8,11,14,17H,2-4,6-7,9-10H2,1H3,(H,18,19). The Balaban J connectivity index is 1.92. The molecular weight excluding hydrogens is 290 g/mol. The zero-order chi connectivity index (χ0) is 15.2. The molecule has 2 atom stereocenters. The molecular formula is C15H23NO4S. The third-order valence-corrected chi connectivity index (χ3v) is 4.69. The number of hydrogen-bond donors (Lipinski definition) is 2. The van der Waals surface area contributed by atoms with E-state index in [1.54, 1.807) is 11.3 Å². The molecule has 0 bridgehead atoms. The maximum Gasteiger partial charge on any atom is 0.325 e. The molecule has 0 spiro atoms. The lowest BCUT2D eigenvalue weighted by Crippen LogP contribution is -2.44. The molecule has 1 aromatic heterocycles. The van der Waals surface area contributed by atoms with Crippen molar-refractivity contribution in [3.05, 3.63) is 21.9 Å². The average molecular weight is 313 g/mol. The molecule has 0 saturated carbocycles. The summed E-state index contributed by atoms with van der Waals surface area (Å²) in [4.78, 5) is 14.5. The predicted molar refractivity (Wildman–Crippen MR) is 81.7 cm³/mol. The second-order valence-electron chi connectivity index (χ2n) is 5.37. The van der Waals surface area contributed by atoms with Crippen LogP contribution in [0.4, 0.5) is 0 Å². The van der Waals surface area contributed by atoms with E-state index in [9.17, 15) is 15.0 Å². The highest BCUT2D eigenvalue weighted by Crippen LogP contribution is 2.33. The van der Waals surface area contributed by atoms with Gasteiger partial charge in [-0.25, -0.2) is 0 Å². The van der Waals surface area contributed by atoms with Crippen LogP contribution in [0.2, 0.25) is 0 Å². The molecule has 1 aliphatic heterocycles. The molecule has 2 N–H and O–H groups in total. The summed E-state index contributed by atoms with van der Waals surface area (Å²) in [6.45, 7) is 3.99. The second kappa shape index (κ2) is 7.89. The maximum atomic E-state index is 11.6. The number of aliphatic hydroxyl groups is 1. The molecule has 0 fully saturated rings. The number of carboxylic acid groups (broad SMARTS) is 1. The first-order valence-electron chi connectivity index (χ1n) is 7.42. The lowest BCUT2D eigenvalue weighted by Gasteiger charge is -2.34. The van der Waals surface area contributed by atoms with Crippen LogP contribution in [0, 0.1) is 0 Å². The zero-order valence-corrected chi connectivity index (χ0v) is 13.1. The van der Waals surface area contributed by atoms with E-state index in [2.05, 4.69) is 6.92 Å². The number of rotatable bonds is 8. The van der Waals surface area contributed by atoms with Gasteiger partial charge in [0.2, 0.25) is 0 Å². The van der Waals surface area contributed by atoms with Crippen LogP contribution in [0.15, 0.2) is 11.4 Å². The van der Waals surface area contributed by atoms with Crippen molar-refractivity contribution < 1.29 is 19.7 Å². The molecule has 0 saturated heterocycles. The van der Waals surface area contributed by atoms with Crippen LogP contribution in [-0.2, 0) is 16.0 Å². The van der Waals surface area contributed by atoms with Gasteiger partial charge in [-0.3, -0.25) is 9.69 Å². The Hall–Kier alpha value is -0.950. The Kier molecular flexibility index (Phi) is 6.17. The van der Waals surface area contributed by atoms with Gasteiger partial charge < -0.3 is 14.9 Å². The van der Waals surface area contributed by atoms with Crippen LogP contribution in [0.3, 0.4) is 0 Å². The van der Waals surface area contributed by atoms with Crippen LogP contribution < -0.4 is 0 Å². The van der Waals surface area contributed by atoms with E-state index in [-0.39, 0.29) is 6.61 Å². The minimum absolute atomic E-state index is 0.263. The summed E-state index contributed by atoms with van der Waals surface area (Å²) >= 11 is 1.61. The Morgan fingerprint density at radius 2 is 2.43 bits per heavy atom. The van der Waals surface area contributed by atoms with Crippen molar-refractivity contribution in [1.82, 2.24) is 4.90 Å². The molecule has 118 valence electrons. The molecule has 2 unspecified atom stereocenters. The maximum absolute atomic E-state index is 11.6. The van der Waals surface area contributed by atoms with Crippen LogP contribution in [0.1, 0.15) is 36.2 Å². The third kappa shape index (κ3) is 4.26. The summed E-state index contributed by atoms with van der Waals surface area (Å²) < 4.78 is 5.41. The number of thiophene rings is 1. The number of aliphatic hydroxyl groups excluding tert-OH is 1. The van der Waals surface area contributed by atoms with Crippen LogP contribution in [0.5, 0.6) is 0 Å². The summed E-state index contributed by atoms with van der Waals surface area (Å²) in [6.07, 6.45) is 2.24. The summed E-state index contributed by atoms with van der Waals surface area (Å²) in [6, 6.07) is 1.24. The van der Waals surface area contributed by atoms with Gasteiger partial charge in [0.1, 0.15) is 6.04 Å². The summed E-state index contributed by atoms with van der Waals surface area (Å²) in [7, 11) is 0. The van der Waals surface area contributed by atoms with E-state index in [4.69, 9.17) is 4.74 Å². The van der Waals surface area contributed by atoms with Gasteiger partial charge in [0.25, 0.3) is 0 Å². The van der Waals surface area contributed by atoms with E-state index in [1.807, 2.05) is 16.3 Å². The van der Waals surface area contributed by atoms with Gasteiger partial charge in [-0.2, -0.15) is 0 Å². The van der Waals surface area contributed by atoms with Crippen molar-refractivity contribution in [3.8, 4) is 0 Å². The minimum Gasteiger partial charge on any atom is -0.480 e.